The maximum atomic E-state index is 13.0. The van der Waals surface area contributed by atoms with E-state index in [9.17, 15) is 18.0 Å². The van der Waals surface area contributed by atoms with E-state index in [0.717, 1.165) is 12.5 Å². The summed E-state index contributed by atoms with van der Waals surface area (Å²) in [7, 11) is 0. The van der Waals surface area contributed by atoms with Gasteiger partial charge < -0.3 is 10.6 Å². The highest BCUT2D eigenvalue weighted by atomic mass is 19.4. The fourth-order valence-electron chi connectivity index (χ4n) is 2.19. The van der Waals surface area contributed by atoms with E-state index in [2.05, 4.69) is 15.6 Å². The molecule has 1 aromatic carbocycles. The lowest BCUT2D eigenvalue weighted by molar-refractivity contribution is -0.136. The third-order valence-corrected chi connectivity index (χ3v) is 3.51. The molecule has 4 nitrogen and oxygen atoms in total. The summed E-state index contributed by atoms with van der Waals surface area (Å²) in [4.78, 5) is 16.1. The van der Waals surface area contributed by atoms with Gasteiger partial charge in [-0.1, -0.05) is 26.0 Å². The van der Waals surface area contributed by atoms with Gasteiger partial charge in [0.2, 0.25) is 0 Å². The number of aromatic nitrogens is 1. The first-order valence-corrected chi connectivity index (χ1v) is 7.95. The molecule has 1 aromatic heterocycles. The number of rotatable bonds is 6. The van der Waals surface area contributed by atoms with Gasteiger partial charge in [-0.2, -0.15) is 13.2 Å². The Hall–Kier alpha value is -2.57. The zero-order chi connectivity index (χ0) is 18.4. The highest BCUT2D eigenvalue weighted by molar-refractivity contribution is 5.93. The summed E-state index contributed by atoms with van der Waals surface area (Å²) in [5, 5.41) is 5.46. The SMILES string of the molecule is CC(C)CCNC(=O)c1cc(Nc2ccccc2C(F)(F)F)ccn1. The summed E-state index contributed by atoms with van der Waals surface area (Å²) < 4.78 is 39.1. The second-order valence-corrected chi connectivity index (χ2v) is 6.04. The maximum absolute atomic E-state index is 13.0. The fraction of sp³-hybridized carbons (Fsp3) is 0.333. The van der Waals surface area contributed by atoms with Crippen LogP contribution in [0.2, 0.25) is 0 Å². The van der Waals surface area contributed by atoms with E-state index in [-0.39, 0.29) is 17.3 Å². The quantitative estimate of drug-likeness (QED) is 0.798. The zero-order valence-corrected chi connectivity index (χ0v) is 14.0. The molecule has 0 aliphatic rings. The molecule has 1 heterocycles. The minimum absolute atomic E-state index is 0.0765. The van der Waals surface area contributed by atoms with Crippen molar-refractivity contribution >= 4 is 17.3 Å². The number of benzene rings is 1. The molecule has 0 aliphatic heterocycles. The second-order valence-electron chi connectivity index (χ2n) is 6.04. The van der Waals surface area contributed by atoms with Crippen molar-refractivity contribution in [1.82, 2.24) is 10.3 Å². The molecule has 0 bridgehead atoms. The number of hydrogen-bond acceptors (Lipinski definition) is 3. The number of anilines is 2. The monoisotopic (exact) mass is 351 g/mol. The lowest BCUT2D eigenvalue weighted by Gasteiger charge is -2.14. The van der Waals surface area contributed by atoms with E-state index in [1.165, 1.54) is 36.5 Å². The van der Waals surface area contributed by atoms with Crippen molar-refractivity contribution in [2.45, 2.75) is 26.4 Å². The highest BCUT2D eigenvalue weighted by Crippen LogP contribution is 2.35. The van der Waals surface area contributed by atoms with Gasteiger partial charge in [-0.25, -0.2) is 0 Å². The van der Waals surface area contributed by atoms with Gasteiger partial charge in [0.15, 0.2) is 0 Å². The van der Waals surface area contributed by atoms with Crippen molar-refractivity contribution < 1.29 is 18.0 Å². The molecule has 1 amide bonds. The highest BCUT2D eigenvalue weighted by Gasteiger charge is 2.33. The molecule has 2 rings (SSSR count). The average molecular weight is 351 g/mol. The Morgan fingerprint density at radius 2 is 1.92 bits per heavy atom. The predicted molar refractivity (Wildman–Crippen MR) is 90.8 cm³/mol. The van der Waals surface area contributed by atoms with Crippen molar-refractivity contribution in [3.05, 3.63) is 53.9 Å². The normalized spacial score (nSPS) is 11.4. The van der Waals surface area contributed by atoms with Crippen LogP contribution in [0.5, 0.6) is 0 Å². The van der Waals surface area contributed by atoms with Crippen LogP contribution in [-0.2, 0) is 6.18 Å². The second kappa shape index (κ2) is 8.00. The molecule has 7 heteroatoms. The van der Waals surface area contributed by atoms with Crippen LogP contribution >= 0.6 is 0 Å². The first kappa shape index (κ1) is 18.8. The molecular weight excluding hydrogens is 331 g/mol. The van der Waals surface area contributed by atoms with Gasteiger partial charge in [-0.15, -0.1) is 0 Å². The van der Waals surface area contributed by atoms with Crippen LogP contribution in [0.1, 0.15) is 36.3 Å². The van der Waals surface area contributed by atoms with Crippen LogP contribution in [0.15, 0.2) is 42.6 Å². The van der Waals surface area contributed by atoms with Crippen LogP contribution < -0.4 is 10.6 Å². The minimum atomic E-state index is -4.46. The fourth-order valence-corrected chi connectivity index (χ4v) is 2.19. The number of nitrogens with zero attached hydrogens (tertiary/aromatic N) is 1. The number of para-hydroxylation sites is 1. The number of alkyl halides is 3. The number of carbonyl (C=O) groups is 1. The van der Waals surface area contributed by atoms with E-state index >= 15 is 0 Å². The lowest BCUT2D eigenvalue weighted by Crippen LogP contribution is -2.26. The molecule has 0 atom stereocenters. The smallest absolute Gasteiger partial charge is 0.355 e. The van der Waals surface area contributed by atoms with Crippen molar-refractivity contribution in [3.8, 4) is 0 Å². The van der Waals surface area contributed by atoms with E-state index in [1.807, 2.05) is 13.8 Å². The predicted octanol–water partition coefficient (Wildman–Crippen LogP) is 4.62. The van der Waals surface area contributed by atoms with Crippen molar-refractivity contribution in [1.29, 1.82) is 0 Å². The Labute approximate surface area is 144 Å². The average Bonchev–Trinajstić information content (AvgIpc) is 2.54. The summed E-state index contributed by atoms with van der Waals surface area (Å²) in [6.45, 7) is 4.62. The van der Waals surface area contributed by atoms with Crippen molar-refractivity contribution in [2.24, 2.45) is 5.92 Å². The topological polar surface area (TPSA) is 54.0 Å². The largest absolute Gasteiger partial charge is 0.418 e. The van der Waals surface area contributed by atoms with Crippen LogP contribution in [0.25, 0.3) is 0 Å². The standard InChI is InChI=1S/C18H20F3N3O/c1-12(2)7-9-23-17(25)16-11-13(8-10-22-16)24-15-6-4-3-5-14(15)18(19,20)21/h3-6,8,10-12H,7,9H2,1-2H3,(H,22,24)(H,23,25). The summed E-state index contributed by atoms with van der Waals surface area (Å²) in [5.41, 5.74) is -0.332. The minimum Gasteiger partial charge on any atom is -0.355 e. The number of amides is 1. The van der Waals surface area contributed by atoms with Crippen LogP contribution in [0, 0.1) is 5.92 Å². The molecule has 0 radical (unpaired) electrons. The molecule has 0 unspecified atom stereocenters. The van der Waals surface area contributed by atoms with Gasteiger partial charge in [0.1, 0.15) is 5.69 Å². The van der Waals surface area contributed by atoms with Gasteiger partial charge in [-0.05, 0) is 36.6 Å². The van der Waals surface area contributed by atoms with Gasteiger partial charge >= 0.3 is 6.18 Å². The number of nitrogens with one attached hydrogen (secondary N) is 2. The van der Waals surface area contributed by atoms with Gasteiger partial charge in [0.25, 0.3) is 5.91 Å². The lowest BCUT2D eigenvalue weighted by atomic mass is 10.1. The number of pyridine rings is 1. The first-order valence-electron chi connectivity index (χ1n) is 7.95. The van der Waals surface area contributed by atoms with Gasteiger partial charge in [0.05, 0.1) is 11.3 Å². The Balaban J connectivity index is 2.14. The van der Waals surface area contributed by atoms with Crippen molar-refractivity contribution in [3.63, 3.8) is 0 Å². The van der Waals surface area contributed by atoms with Crippen LogP contribution in [-0.4, -0.2) is 17.4 Å². The van der Waals surface area contributed by atoms with Crippen LogP contribution in [0.4, 0.5) is 24.5 Å². The molecular formula is C18H20F3N3O. The summed E-state index contributed by atoms with van der Waals surface area (Å²) in [6.07, 6.45) is -2.24. The zero-order valence-electron chi connectivity index (χ0n) is 14.0. The maximum Gasteiger partial charge on any atom is 0.418 e. The summed E-state index contributed by atoms with van der Waals surface area (Å²) in [6, 6.07) is 8.12. The Kier molecular flexibility index (Phi) is 6.01. The van der Waals surface area contributed by atoms with E-state index in [1.54, 1.807) is 0 Å². The van der Waals surface area contributed by atoms with Gasteiger partial charge in [-0.3, -0.25) is 9.78 Å². The Bertz CT molecular complexity index is 730. The first-order chi connectivity index (χ1) is 11.8. The number of carbonyl (C=O) groups excluding carboxylic acids is 1. The van der Waals surface area contributed by atoms with E-state index < -0.39 is 11.7 Å². The third-order valence-electron chi connectivity index (χ3n) is 3.51. The number of halogens is 3. The summed E-state index contributed by atoms with van der Waals surface area (Å²) >= 11 is 0. The molecule has 0 spiro atoms. The molecule has 134 valence electrons. The molecule has 25 heavy (non-hydrogen) atoms. The van der Waals surface area contributed by atoms with E-state index in [0.29, 0.717) is 18.2 Å². The Morgan fingerprint density at radius 1 is 1.20 bits per heavy atom. The molecule has 0 aliphatic carbocycles. The Morgan fingerprint density at radius 3 is 2.60 bits per heavy atom. The van der Waals surface area contributed by atoms with Crippen molar-refractivity contribution in [2.75, 3.05) is 11.9 Å². The molecule has 0 saturated carbocycles. The molecule has 0 fully saturated rings. The molecule has 2 aromatic rings. The van der Waals surface area contributed by atoms with E-state index in [4.69, 9.17) is 0 Å². The third kappa shape index (κ3) is 5.48. The molecule has 2 N–H and O–H groups in total. The van der Waals surface area contributed by atoms with Crippen LogP contribution in [0.3, 0.4) is 0 Å². The van der Waals surface area contributed by atoms with Gasteiger partial charge in [0, 0.05) is 18.4 Å². The number of hydrogen-bond donors (Lipinski definition) is 2. The molecule has 0 saturated heterocycles. The summed E-state index contributed by atoms with van der Waals surface area (Å²) in [5.74, 6) is 0.105.